The fraction of sp³-hybridized carbons (Fsp3) is 0.400. The molecule has 186 valence electrons. The zero-order valence-electron chi connectivity index (χ0n) is 20.4. The number of hydrogen-bond acceptors (Lipinski definition) is 7. The standard InChI is InChI=1S/C25H33N7O3/c1-4-32(5-2)14-6-13-26-16-18-7-9-19(10-8-18)30-31-23(17(3)33)24(34)27-20-11-12-21-22(15-20)29-25(35)28-21/h7-12,15,23,26H,4-6,13-14,16H2,1-3H3,(H,27,34)(H2,28,29,35)/b31-30+. The van der Waals surface area contributed by atoms with Gasteiger partial charge >= 0.3 is 5.69 Å². The van der Waals surface area contributed by atoms with Gasteiger partial charge in [0.05, 0.1) is 16.7 Å². The highest BCUT2D eigenvalue weighted by atomic mass is 16.2. The first-order valence-corrected chi connectivity index (χ1v) is 11.9. The third-order valence-corrected chi connectivity index (χ3v) is 5.69. The number of carbonyl (C=O) groups excluding carboxylic acids is 2. The van der Waals surface area contributed by atoms with E-state index < -0.39 is 17.7 Å². The molecule has 0 radical (unpaired) electrons. The number of rotatable bonds is 13. The molecular formula is C25H33N7O3. The summed E-state index contributed by atoms with van der Waals surface area (Å²) >= 11 is 0. The quantitative estimate of drug-likeness (QED) is 0.169. The Hall–Kier alpha value is -3.63. The van der Waals surface area contributed by atoms with E-state index in [-0.39, 0.29) is 5.69 Å². The summed E-state index contributed by atoms with van der Waals surface area (Å²) in [5.74, 6) is -1.02. The lowest BCUT2D eigenvalue weighted by atomic mass is 10.2. The van der Waals surface area contributed by atoms with Gasteiger partial charge < -0.3 is 25.5 Å². The number of fused-ring (bicyclic) bond motifs is 1. The highest BCUT2D eigenvalue weighted by Gasteiger charge is 2.23. The van der Waals surface area contributed by atoms with E-state index in [2.05, 4.69) is 49.6 Å². The number of Topliss-reactive ketones (excluding diaryl/α,β-unsaturated/α-hetero) is 1. The molecule has 1 unspecified atom stereocenters. The van der Waals surface area contributed by atoms with E-state index in [1.54, 1.807) is 18.2 Å². The van der Waals surface area contributed by atoms with Crippen molar-refractivity contribution in [3.63, 3.8) is 0 Å². The average molecular weight is 480 g/mol. The molecule has 3 aromatic rings. The molecule has 0 saturated heterocycles. The molecule has 1 atom stereocenters. The summed E-state index contributed by atoms with van der Waals surface area (Å²) in [6, 6.07) is 11.1. The van der Waals surface area contributed by atoms with Gasteiger partial charge in [-0.15, -0.1) is 0 Å². The molecular weight excluding hydrogens is 446 g/mol. The molecule has 0 aliphatic heterocycles. The molecule has 0 aliphatic carbocycles. The number of aromatic nitrogens is 2. The predicted octanol–water partition coefficient (Wildman–Crippen LogP) is 3.36. The van der Waals surface area contributed by atoms with Crippen LogP contribution in [0.4, 0.5) is 11.4 Å². The van der Waals surface area contributed by atoms with Crippen molar-refractivity contribution in [2.75, 3.05) is 31.5 Å². The third kappa shape index (κ3) is 7.69. The molecule has 0 bridgehead atoms. The number of H-pyrrole nitrogens is 2. The Kier molecular flexibility index (Phi) is 9.45. The molecule has 0 spiro atoms. The van der Waals surface area contributed by atoms with Crippen LogP contribution in [-0.4, -0.2) is 58.8 Å². The summed E-state index contributed by atoms with van der Waals surface area (Å²) in [7, 11) is 0. The first kappa shape index (κ1) is 26.0. The molecule has 0 saturated carbocycles. The topological polar surface area (TPSA) is 135 Å². The van der Waals surface area contributed by atoms with E-state index >= 15 is 0 Å². The summed E-state index contributed by atoms with van der Waals surface area (Å²) in [6.45, 7) is 10.6. The highest BCUT2D eigenvalue weighted by Crippen LogP contribution is 2.17. The number of ketones is 1. The summed E-state index contributed by atoms with van der Waals surface area (Å²) in [5.41, 5.74) is 2.94. The van der Waals surface area contributed by atoms with Crippen LogP contribution in [0.3, 0.4) is 0 Å². The second kappa shape index (κ2) is 12.7. The van der Waals surface area contributed by atoms with Crippen LogP contribution in [0.25, 0.3) is 11.0 Å². The van der Waals surface area contributed by atoms with Crippen molar-refractivity contribution in [1.29, 1.82) is 0 Å². The maximum Gasteiger partial charge on any atom is 0.323 e. The second-order valence-corrected chi connectivity index (χ2v) is 8.28. The number of hydrogen-bond donors (Lipinski definition) is 4. The summed E-state index contributed by atoms with van der Waals surface area (Å²) in [4.78, 5) is 43.8. The number of aromatic amines is 2. The lowest BCUT2D eigenvalue weighted by molar-refractivity contribution is -0.126. The first-order valence-electron chi connectivity index (χ1n) is 11.9. The van der Waals surface area contributed by atoms with Gasteiger partial charge in [-0.05, 0) is 75.4 Å². The predicted molar refractivity (Wildman–Crippen MR) is 137 cm³/mol. The number of azo groups is 1. The number of anilines is 1. The van der Waals surface area contributed by atoms with Crippen LogP contribution in [0.2, 0.25) is 0 Å². The third-order valence-electron chi connectivity index (χ3n) is 5.69. The SMILES string of the molecule is CCN(CC)CCCNCc1ccc(/N=N/C(C(C)=O)C(=O)Nc2ccc3[nH]c(=O)[nH]c3c2)cc1. The van der Waals surface area contributed by atoms with E-state index in [1.807, 2.05) is 24.3 Å². The Balaban J connectivity index is 1.53. The van der Waals surface area contributed by atoms with Crippen LogP contribution in [0, 0.1) is 0 Å². The van der Waals surface area contributed by atoms with Gasteiger partial charge in [-0.3, -0.25) is 9.59 Å². The van der Waals surface area contributed by atoms with E-state index in [9.17, 15) is 14.4 Å². The molecule has 4 N–H and O–H groups in total. The minimum atomic E-state index is -1.27. The molecule has 1 aromatic heterocycles. The summed E-state index contributed by atoms with van der Waals surface area (Å²) < 4.78 is 0. The van der Waals surface area contributed by atoms with Crippen LogP contribution in [0.5, 0.6) is 0 Å². The van der Waals surface area contributed by atoms with Crippen molar-refractivity contribution < 1.29 is 9.59 Å². The fourth-order valence-corrected chi connectivity index (χ4v) is 3.64. The fourth-order valence-electron chi connectivity index (χ4n) is 3.64. The number of amides is 1. The van der Waals surface area contributed by atoms with E-state index in [0.29, 0.717) is 22.4 Å². The maximum atomic E-state index is 12.6. The van der Waals surface area contributed by atoms with Crippen molar-refractivity contribution >= 4 is 34.1 Å². The summed E-state index contributed by atoms with van der Waals surface area (Å²) in [6.07, 6.45) is 1.10. The lowest BCUT2D eigenvalue weighted by Crippen LogP contribution is -2.31. The zero-order valence-corrected chi connectivity index (χ0v) is 20.4. The Bertz CT molecular complexity index is 1210. The molecule has 10 heteroatoms. The monoisotopic (exact) mass is 479 g/mol. The van der Waals surface area contributed by atoms with Crippen molar-refractivity contribution in [1.82, 2.24) is 20.2 Å². The van der Waals surface area contributed by atoms with Gasteiger partial charge in [0.2, 0.25) is 6.04 Å². The van der Waals surface area contributed by atoms with Crippen LogP contribution in [0.1, 0.15) is 32.8 Å². The Morgan fingerprint density at radius 2 is 1.74 bits per heavy atom. The molecule has 3 rings (SSSR count). The van der Waals surface area contributed by atoms with Gasteiger partial charge in [-0.1, -0.05) is 26.0 Å². The molecule has 2 aromatic carbocycles. The van der Waals surface area contributed by atoms with Crippen molar-refractivity contribution in [3.05, 3.63) is 58.5 Å². The van der Waals surface area contributed by atoms with Gasteiger partial charge in [-0.2, -0.15) is 10.2 Å². The maximum absolute atomic E-state index is 12.6. The van der Waals surface area contributed by atoms with Crippen LogP contribution in [-0.2, 0) is 16.1 Å². The Morgan fingerprint density at radius 1 is 1.03 bits per heavy atom. The molecule has 35 heavy (non-hydrogen) atoms. The normalized spacial score (nSPS) is 12.5. The largest absolute Gasteiger partial charge is 0.324 e. The Labute approximate surface area is 204 Å². The number of benzene rings is 2. The van der Waals surface area contributed by atoms with Gasteiger partial charge in [0.15, 0.2) is 5.78 Å². The molecule has 1 heterocycles. The van der Waals surface area contributed by atoms with Crippen molar-refractivity contribution in [2.24, 2.45) is 10.2 Å². The minimum Gasteiger partial charge on any atom is -0.324 e. The summed E-state index contributed by atoms with van der Waals surface area (Å²) in [5, 5.41) is 14.2. The second-order valence-electron chi connectivity index (χ2n) is 8.28. The average Bonchev–Trinajstić information content (AvgIpc) is 3.21. The number of nitrogens with one attached hydrogen (secondary N) is 4. The number of nitrogens with zero attached hydrogens (tertiary/aromatic N) is 3. The van der Waals surface area contributed by atoms with Crippen molar-refractivity contribution in [3.8, 4) is 0 Å². The van der Waals surface area contributed by atoms with E-state index in [1.165, 1.54) is 6.92 Å². The van der Waals surface area contributed by atoms with Gasteiger partial charge in [-0.25, -0.2) is 4.79 Å². The molecule has 0 fully saturated rings. The van der Waals surface area contributed by atoms with Crippen molar-refractivity contribution in [2.45, 2.75) is 39.8 Å². The number of carbonyl (C=O) groups is 2. The van der Waals surface area contributed by atoms with Crippen LogP contribution in [0.15, 0.2) is 57.5 Å². The smallest absolute Gasteiger partial charge is 0.323 e. The molecule has 10 nitrogen and oxygen atoms in total. The minimum absolute atomic E-state index is 0.337. The number of imidazole rings is 1. The molecule has 0 aliphatic rings. The molecule has 1 amide bonds. The Morgan fingerprint density at radius 3 is 2.43 bits per heavy atom. The van der Waals surface area contributed by atoms with E-state index in [0.717, 1.165) is 44.7 Å². The lowest BCUT2D eigenvalue weighted by Gasteiger charge is -2.17. The van der Waals surface area contributed by atoms with Crippen LogP contribution >= 0.6 is 0 Å². The zero-order chi connectivity index (χ0) is 25.2. The highest BCUT2D eigenvalue weighted by molar-refractivity contribution is 6.10. The van der Waals surface area contributed by atoms with E-state index in [4.69, 9.17) is 0 Å². The van der Waals surface area contributed by atoms with Gasteiger partial charge in [0.25, 0.3) is 5.91 Å². The van der Waals surface area contributed by atoms with Gasteiger partial charge in [0.1, 0.15) is 0 Å². The first-order chi connectivity index (χ1) is 16.9. The van der Waals surface area contributed by atoms with Gasteiger partial charge in [0, 0.05) is 12.2 Å². The van der Waals surface area contributed by atoms with Crippen LogP contribution < -0.4 is 16.3 Å².